The SMILES string of the molecule is O=C(O)NCCCn1cnc2ccc(Oc3ccc([N+](=O)[O-])cc3)cc2c1=O. The standard InChI is InChI=1S/C18H16N4O6/c23-17-15-10-14(28-13-4-2-12(3-5-13)22(26)27)6-7-16(15)20-11-21(17)9-1-8-19-18(24)25/h2-7,10-11,19H,1,8-9H2,(H,24,25). The van der Waals surface area contributed by atoms with Crippen LogP contribution in [0.5, 0.6) is 11.5 Å². The summed E-state index contributed by atoms with van der Waals surface area (Å²) >= 11 is 0. The number of benzene rings is 2. The third kappa shape index (κ3) is 4.41. The number of aryl methyl sites for hydroxylation is 1. The first-order valence-electron chi connectivity index (χ1n) is 8.32. The summed E-state index contributed by atoms with van der Waals surface area (Å²) in [4.78, 5) is 37.5. The number of hydrogen-bond donors (Lipinski definition) is 2. The van der Waals surface area contributed by atoms with Crippen LogP contribution in [-0.2, 0) is 6.54 Å². The number of fused-ring (bicyclic) bond motifs is 1. The Balaban J connectivity index is 1.79. The molecule has 0 saturated carbocycles. The van der Waals surface area contributed by atoms with Crippen molar-refractivity contribution in [1.29, 1.82) is 0 Å². The molecule has 1 aromatic heterocycles. The van der Waals surface area contributed by atoms with Gasteiger partial charge in [0.15, 0.2) is 0 Å². The Morgan fingerprint density at radius 1 is 1.21 bits per heavy atom. The first kappa shape index (κ1) is 18.8. The van der Waals surface area contributed by atoms with E-state index in [1.165, 1.54) is 35.2 Å². The minimum Gasteiger partial charge on any atom is -0.465 e. The van der Waals surface area contributed by atoms with Gasteiger partial charge in [-0.15, -0.1) is 0 Å². The summed E-state index contributed by atoms with van der Waals surface area (Å²) in [6.07, 6.45) is 0.748. The maximum Gasteiger partial charge on any atom is 0.404 e. The molecular weight excluding hydrogens is 368 g/mol. The van der Waals surface area contributed by atoms with Crippen molar-refractivity contribution in [1.82, 2.24) is 14.9 Å². The largest absolute Gasteiger partial charge is 0.465 e. The fourth-order valence-corrected chi connectivity index (χ4v) is 2.58. The van der Waals surface area contributed by atoms with Crippen LogP contribution >= 0.6 is 0 Å². The van der Waals surface area contributed by atoms with Crippen LogP contribution in [0.2, 0.25) is 0 Å². The number of rotatable bonds is 7. The quantitative estimate of drug-likeness (QED) is 0.363. The molecule has 10 heteroatoms. The molecule has 2 N–H and O–H groups in total. The molecule has 0 radical (unpaired) electrons. The number of ether oxygens (including phenoxy) is 1. The third-order valence-electron chi connectivity index (χ3n) is 3.93. The Hall–Kier alpha value is -3.95. The van der Waals surface area contributed by atoms with Gasteiger partial charge in [0.2, 0.25) is 0 Å². The minimum atomic E-state index is -1.11. The molecule has 0 fully saturated rings. The normalized spacial score (nSPS) is 10.6. The predicted molar refractivity (Wildman–Crippen MR) is 99.8 cm³/mol. The van der Waals surface area contributed by atoms with Gasteiger partial charge in [0.25, 0.3) is 11.2 Å². The highest BCUT2D eigenvalue weighted by Gasteiger charge is 2.08. The molecule has 0 aliphatic heterocycles. The monoisotopic (exact) mass is 384 g/mol. The van der Waals surface area contributed by atoms with Crippen LogP contribution in [0.25, 0.3) is 10.9 Å². The average molecular weight is 384 g/mol. The van der Waals surface area contributed by atoms with E-state index in [2.05, 4.69) is 10.3 Å². The van der Waals surface area contributed by atoms with Gasteiger partial charge in [-0.05, 0) is 36.8 Å². The molecule has 0 atom stereocenters. The summed E-state index contributed by atoms with van der Waals surface area (Å²) in [5.74, 6) is 0.791. The van der Waals surface area contributed by atoms with E-state index < -0.39 is 11.0 Å². The fraction of sp³-hybridized carbons (Fsp3) is 0.167. The van der Waals surface area contributed by atoms with Gasteiger partial charge in [-0.3, -0.25) is 19.5 Å². The molecule has 28 heavy (non-hydrogen) atoms. The number of carbonyl (C=O) groups is 1. The summed E-state index contributed by atoms with van der Waals surface area (Å²) in [6.45, 7) is 0.540. The van der Waals surface area contributed by atoms with Crippen LogP contribution in [0.4, 0.5) is 10.5 Å². The van der Waals surface area contributed by atoms with E-state index >= 15 is 0 Å². The smallest absolute Gasteiger partial charge is 0.404 e. The van der Waals surface area contributed by atoms with E-state index in [9.17, 15) is 19.7 Å². The van der Waals surface area contributed by atoms with Crippen LogP contribution < -0.4 is 15.6 Å². The van der Waals surface area contributed by atoms with E-state index in [1.54, 1.807) is 18.2 Å². The first-order chi connectivity index (χ1) is 13.4. The van der Waals surface area contributed by atoms with Gasteiger partial charge >= 0.3 is 6.09 Å². The Morgan fingerprint density at radius 3 is 2.61 bits per heavy atom. The number of aromatic nitrogens is 2. The highest BCUT2D eigenvalue weighted by molar-refractivity contribution is 5.79. The molecule has 2 aromatic carbocycles. The van der Waals surface area contributed by atoms with Gasteiger partial charge in [-0.2, -0.15) is 0 Å². The zero-order valence-corrected chi connectivity index (χ0v) is 14.6. The van der Waals surface area contributed by atoms with Crippen LogP contribution in [0.1, 0.15) is 6.42 Å². The lowest BCUT2D eigenvalue weighted by molar-refractivity contribution is -0.384. The number of nitrogens with zero attached hydrogens (tertiary/aromatic N) is 3. The minimum absolute atomic E-state index is 0.0460. The van der Waals surface area contributed by atoms with Crippen molar-refractivity contribution in [3.05, 3.63) is 69.3 Å². The molecular formula is C18H16N4O6. The van der Waals surface area contributed by atoms with Gasteiger partial charge in [-0.1, -0.05) is 0 Å². The van der Waals surface area contributed by atoms with Crippen LogP contribution in [-0.4, -0.2) is 32.2 Å². The lowest BCUT2D eigenvalue weighted by Crippen LogP contribution is -2.26. The van der Waals surface area contributed by atoms with Crippen LogP contribution in [0.15, 0.2) is 53.6 Å². The second-order valence-corrected chi connectivity index (χ2v) is 5.86. The number of nitrogens with one attached hydrogen (secondary N) is 1. The molecule has 0 aliphatic carbocycles. The molecule has 0 aliphatic rings. The van der Waals surface area contributed by atoms with Crippen molar-refractivity contribution in [3.8, 4) is 11.5 Å². The molecule has 0 unspecified atom stereocenters. The van der Waals surface area contributed by atoms with Crippen molar-refractivity contribution >= 4 is 22.7 Å². The summed E-state index contributed by atoms with van der Waals surface area (Å²) < 4.78 is 7.07. The number of non-ortho nitro benzene ring substituents is 1. The second-order valence-electron chi connectivity index (χ2n) is 5.86. The van der Waals surface area contributed by atoms with E-state index in [4.69, 9.17) is 9.84 Å². The zero-order valence-electron chi connectivity index (χ0n) is 14.6. The summed E-state index contributed by atoms with van der Waals surface area (Å²) in [6, 6.07) is 10.5. The predicted octanol–water partition coefficient (Wildman–Crippen LogP) is 2.75. The molecule has 10 nitrogen and oxygen atoms in total. The Bertz CT molecular complexity index is 1080. The molecule has 3 rings (SSSR count). The summed E-state index contributed by atoms with van der Waals surface area (Å²) in [5, 5.41) is 21.9. The number of hydrogen-bond acceptors (Lipinski definition) is 6. The number of amides is 1. The summed E-state index contributed by atoms with van der Waals surface area (Å²) in [5.41, 5.74) is 0.186. The topological polar surface area (TPSA) is 137 Å². The molecule has 0 saturated heterocycles. The lowest BCUT2D eigenvalue weighted by atomic mass is 10.2. The third-order valence-corrected chi connectivity index (χ3v) is 3.93. The van der Waals surface area contributed by atoms with E-state index in [1.807, 2.05) is 0 Å². The van der Waals surface area contributed by atoms with Crippen LogP contribution in [0, 0.1) is 10.1 Å². The van der Waals surface area contributed by atoms with Gasteiger partial charge < -0.3 is 15.2 Å². The number of carboxylic acid groups (broad SMARTS) is 1. The van der Waals surface area contributed by atoms with Crippen molar-refractivity contribution < 1.29 is 19.6 Å². The van der Waals surface area contributed by atoms with Crippen molar-refractivity contribution in [3.63, 3.8) is 0 Å². The van der Waals surface area contributed by atoms with Gasteiger partial charge in [0.1, 0.15) is 11.5 Å². The highest BCUT2D eigenvalue weighted by atomic mass is 16.6. The van der Waals surface area contributed by atoms with Gasteiger partial charge in [-0.25, -0.2) is 9.78 Å². The Kier molecular flexibility index (Phi) is 5.49. The van der Waals surface area contributed by atoms with Crippen molar-refractivity contribution in [2.24, 2.45) is 0 Å². The molecule has 0 bridgehead atoms. The van der Waals surface area contributed by atoms with Crippen molar-refractivity contribution in [2.45, 2.75) is 13.0 Å². The van der Waals surface area contributed by atoms with Gasteiger partial charge in [0, 0.05) is 25.2 Å². The zero-order chi connectivity index (χ0) is 20.1. The first-order valence-corrected chi connectivity index (χ1v) is 8.32. The maximum atomic E-state index is 12.6. The highest BCUT2D eigenvalue weighted by Crippen LogP contribution is 2.25. The van der Waals surface area contributed by atoms with E-state index in [0.29, 0.717) is 35.4 Å². The molecule has 0 spiro atoms. The van der Waals surface area contributed by atoms with E-state index in [0.717, 1.165) is 0 Å². The molecule has 144 valence electrons. The number of nitro benzene ring substituents is 1. The number of nitro groups is 1. The van der Waals surface area contributed by atoms with Crippen LogP contribution in [0.3, 0.4) is 0 Å². The van der Waals surface area contributed by atoms with E-state index in [-0.39, 0.29) is 17.8 Å². The van der Waals surface area contributed by atoms with Gasteiger partial charge in [0.05, 0.1) is 22.2 Å². The van der Waals surface area contributed by atoms with Crippen molar-refractivity contribution in [2.75, 3.05) is 6.54 Å². The summed E-state index contributed by atoms with van der Waals surface area (Å²) in [7, 11) is 0. The molecule has 1 heterocycles. The maximum absolute atomic E-state index is 12.6. The lowest BCUT2D eigenvalue weighted by Gasteiger charge is -2.09. The fourth-order valence-electron chi connectivity index (χ4n) is 2.58. The Morgan fingerprint density at radius 2 is 1.93 bits per heavy atom. The average Bonchev–Trinajstić information content (AvgIpc) is 2.67. The molecule has 1 amide bonds. The Labute approximate surface area is 158 Å². The molecule has 3 aromatic rings. The second kappa shape index (κ2) is 8.16.